The van der Waals surface area contributed by atoms with Crippen LogP contribution in [0.15, 0.2) is 10.7 Å². The molecule has 0 unspecified atom stereocenters. The monoisotopic (exact) mass is 282 g/mol. The van der Waals surface area contributed by atoms with E-state index in [0.717, 1.165) is 0 Å². The first kappa shape index (κ1) is 11.9. The Labute approximate surface area is 91.0 Å². The topological polar surface area (TPSA) is 76.3 Å². The lowest BCUT2D eigenvalue weighted by Gasteiger charge is -2.05. The second-order valence-corrected chi connectivity index (χ2v) is 3.34. The predicted molar refractivity (Wildman–Crippen MR) is 49.5 cm³/mol. The van der Waals surface area contributed by atoms with Gasteiger partial charge in [0.05, 0.1) is 17.7 Å². The molecule has 82 valence electrons. The second-order valence-electron chi connectivity index (χ2n) is 2.55. The molecule has 0 aliphatic heterocycles. The van der Waals surface area contributed by atoms with Crippen LogP contribution < -0.4 is 0 Å². The van der Waals surface area contributed by atoms with E-state index in [1.807, 2.05) is 0 Å². The van der Waals surface area contributed by atoms with Gasteiger partial charge in [-0.15, -0.1) is 0 Å². The number of hydrogen-bond donors (Lipinski definition) is 1. The summed E-state index contributed by atoms with van der Waals surface area (Å²) in [5.41, 5.74) is -0.734. The van der Waals surface area contributed by atoms with E-state index in [2.05, 4.69) is 20.9 Å². The fourth-order valence-electron chi connectivity index (χ4n) is 0.987. The fraction of sp³-hybridized carbons (Fsp3) is 0.286. The Balaban J connectivity index is 3.39. The van der Waals surface area contributed by atoms with Crippen molar-refractivity contribution in [2.45, 2.75) is 13.0 Å². The molecule has 1 N–H and O–H groups in total. The van der Waals surface area contributed by atoms with Crippen molar-refractivity contribution in [3.63, 3.8) is 0 Å². The van der Waals surface area contributed by atoms with E-state index in [1.54, 1.807) is 0 Å². The molecule has 0 fully saturated rings. The van der Waals surface area contributed by atoms with Gasteiger partial charge in [-0.1, -0.05) is 0 Å². The first-order valence-electron chi connectivity index (χ1n) is 3.69. The smallest absolute Gasteiger partial charge is 0.370 e. The Morgan fingerprint density at radius 3 is 2.67 bits per heavy atom. The van der Waals surface area contributed by atoms with E-state index in [4.69, 9.17) is 5.11 Å². The molecular formula is C7H5BrF2N2O3. The maximum atomic E-state index is 12.4. The summed E-state index contributed by atoms with van der Waals surface area (Å²) in [6.07, 6.45) is -2.09. The van der Waals surface area contributed by atoms with Gasteiger partial charge in [0.2, 0.25) is 0 Å². The van der Waals surface area contributed by atoms with E-state index in [1.165, 1.54) is 0 Å². The van der Waals surface area contributed by atoms with E-state index < -0.39 is 29.3 Å². The number of nitrogens with zero attached hydrogens (tertiary/aromatic N) is 2. The van der Waals surface area contributed by atoms with Crippen LogP contribution in [0.2, 0.25) is 0 Å². The number of aliphatic hydroxyl groups is 1. The Hall–Kier alpha value is -1.15. The quantitative estimate of drug-likeness (QED) is 0.681. The summed E-state index contributed by atoms with van der Waals surface area (Å²) < 4.78 is 24.5. The summed E-state index contributed by atoms with van der Waals surface area (Å²) in [5.74, 6) is -0.631. The van der Waals surface area contributed by atoms with Crippen LogP contribution in [0, 0.1) is 10.1 Å². The lowest BCUT2D eigenvalue weighted by atomic mass is 10.2. The van der Waals surface area contributed by atoms with Gasteiger partial charge in [0, 0.05) is 4.47 Å². The van der Waals surface area contributed by atoms with Crippen LogP contribution in [0.25, 0.3) is 0 Å². The zero-order chi connectivity index (χ0) is 11.6. The minimum absolute atomic E-state index is 0.179. The minimum Gasteiger partial charge on any atom is -0.391 e. The molecule has 1 aromatic rings. The highest BCUT2D eigenvalue weighted by atomic mass is 79.9. The van der Waals surface area contributed by atoms with Gasteiger partial charge in [-0.3, -0.25) is 0 Å². The summed E-state index contributed by atoms with van der Waals surface area (Å²) in [6.45, 7) is -0.732. The largest absolute Gasteiger partial charge is 0.391 e. The molecule has 0 spiro atoms. The molecule has 0 radical (unpaired) electrons. The molecule has 0 saturated heterocycles. The molecule has 15 heavy (non-hydrogen) atoms. The summed E-state index contributed by atoms with van der Waals surface area (Å²) >= 11 is 2.78. The molecule has 0 amide bonds. The molecule has 0 bridgehead atoms. The molecule has 0 atom stereocenters. The SMILES string of the molecule is O=[N+]([O-])c1ncc(C(F)F)c(Br)c1CO. The zero-order valence-corrected chi connectivity index (χ0v) is 8.74. The standard InChI is InChI=1S/C7H5BrF2N2O3/c8-5-3(6(9)10)1-11-7(12(14)15)4(5)2-13/h1,6,13H,2H2. The maximum Gasteiger partial charge on any atom is 0.370 e. The van der Waals surface area contributed by atoms with E-state index in [-0.39, 0.29) is 10.0 Å². The van der Waals surface area contributed by atoms with Gasteiger partial charge in [-0.05, 0) is 25.8 Å². The third kappa shape index (κ3) is 2.26. The van der Waals surface area contributed by atoms with Crippen LogP contribution in [-0.2, 0) is 6.61 Å². The van der Waals surface area contributed by atoms with Gasteiger partial charge in [0.25, 0.3) is 6.43 Å². The van der Waals surface area contributed by atoms with Crippen molar-refractivity contribution in [2.75, 3.05) is 0 Å². The van der Waals surface area contributed by atoms with E-state index in [9.17, 15) is 18.9 Å². The van der Waals surface area contributed by atoms with Crippen molar-refractivity contribution < 1.29 is 18.8 Å². The molecule has 8 heteroatoms. The molecule has 1 aromatic heterocycles. The number of aromatic nitrogens is 1. The first-order valence-corrected chi connectivity index (χ1v) is 4.49. The molecule has 0 aliphatic rings. The molecule has 1 heterocycles. The predicted octanol–water partition coefficient (Wildman–Crippen LogP) is 2.18. The number of nitro groups is 1. The summed E-state index contributed by atoms with van der Waals surface area (Å²) in [6, 6.07) is 0. The molecular weight excluding hydrogens is 278 g/mol. The van der Waals surface area contributed by atoms with E-state index in [0.29, 0.717) is 6.20 Å². The highest BCUT2D eigenvalue weighted by Crippen LogP contribution is 2.33. The molecule has 0 aliphatic carbocycles. The minimum atomic E-state index is -2.81. The van der Waals surface area contributed by atoms with Gasteiger partial charge in [-0.2, -0.15) is 0 Å². The lowest BCUT2D eigenvalue weighted by molar-refractivity contribution is -0.390. The highest BCUT2D eigenvalue weighted by molar-refractivity contribution is 9.10. The number of aliphatic hydroxyl groups excluding tert-OH is 1. The van der Waals surface area contributed by atoms with Crippen molar-refractivity contribution in [1.82, 2.24) is 4.98 Å². The number of rotatable bonds is 3. The molecule has 0 aromatic carbocycles. The summed E-state index contributed by atoms with van der Waals surface area (Å²) in [7, 11) is 0. The Morgan fingerprint density at radius 2 is 2.27 bits per heavy atom. The fourth-order valence-corrected chi connectivity index (χ4v) is 1.57. The summed E-state index contributed by atoms with van der Waals surface area (Å²) in [5, 5.41) is 19.3. The van der Waals surface area contributed by atoms with Gasteiger partial charge < -0.3 is 15.2 Å². The van der Waals surface area contributed by atoms with Crippen molar-refractivity contribution in [3.05, 3.63) is 31.9 Å². The van der Waals surface area contributed by atoms with Crippen LogP contribution >= 0.6 is 15.9 Å². The van der Waals surface area contributed by atoms with Gasteiger partial charge in [0.1, 0.15) is 6.20 Å². The number of pyridine rings is 1. The summed E-state index contributed by atoms with van der Waals surface area (Å²) in [4.78, 5) is 12.9. The Bertz CT molecular complexity index is 400. The molecule has 1 rings (SSSR count). The maximum absolute atomic E-state index is 12.4. The Morgan fingerprint density at radius 1 is 1.67 bits per heavy atom. The number of hydrogen-bond acceptors (Lipinski definition) is 4. The molecule has 0 saturated carbocycles. The lowest BCUT2D eigenvalue weighted by Crippen LogP contribution is -2.02. The number of alkyl halides is 2. The average molecular weight is 283 g/mol. The van der Waals surface area contributed by atoms with Crippen LogP contribution in [0.1, 0.15) is 17.6 Å². The van der Waals surface area contributed by atoms with Gasteiger partial charge in [-0.25, -0.2) is 8.78 Å². The van der Waals surface area contributed by atoms with E-state index >= 15 is 0 Å². The normalized spacial score (nSPS) is 10.7. The highest BCUT2D eigenvalue weighted by Gasteiger charge is 2.24. The van der Waals surface area contributed by atoms with Crippen LogP contribution in [0.4, 0.5) is 14.6 Å². The molecule has 5 nitrogen and oxygen atoms in total. The number of halogens is 3. The average Bonchev–Trinajstić information content (AvgIpc) is 2.16. The van der Waals surface area contributed by atoms with Crippen molar-refractivity contribution >= 4 is 21.7 Å². The first-order chi connectivity index (χ1) is 6.99. The second kappa shape index (κ2) is 4.58. The van der Waals surface area contributed by atoms with Crippen LogP contribution in [0.3, 0.4) is 0 Å². The van der Waals surface area contributed by atoms with Crippen molar-refractivity contribution in [1.29, 1.82) is 0 Å². The van der Waals surface area contributed by atoms with Gasteiger partial charge in [0.15, 0.2) is 0 Å². The third-order valence-electron chi connectivity index (χ3n) is 1.68. The van der Waals surface area contributed by atoms with Crippen LogP contribution in [-0.4, -0.2) is 15.0 Å². The van der Waals surface area contributed by atoms with Crippen molar-refractivity contribution in [2.24, 2.45) is 0 Å². The Kier molecular flexibility index (Phi) is 3.64. The van der Waals surface area contributed by atoms with Crippen molar-refractivity contribution in [3.8, 4) is 0 Å². The third-order valence-corrected chi connectivity index (χ3v) is 2.62. The van der Waals surface area contributed by atoms with Crippen LogP contribution in [0.5, 0.6) is 0 Å². The zero-order valence-electron chi connectivity index (χ0n) is 7.15. The van der Waals surface area contributed by atoms with Gasteiger partial charge >= 0.3 is 5.82 Å².